The Labute approximate surface area is 172 Å². The number of aromatic nitrogens is 1. The standard InChI is InChI=1S/C22H19N3O3S/c26-20-19-7-4-10-25(19)18-9-8-15(11-17(18)24-20)22(27)28-12-16-13-29-21(23-16)14-5-2-1-3-6-14/h1-3,5-6,8-9,11,13,19H,4,7,10,12H2,(H,24,26)/t19-/m1/s1. The van der Waals surface area contributed by atoms with E-state index < -0.39 is 5.97 Å². The first-order valence-corrected chi connectivity index (χ1v) is 10.5. The molecule has 0 spiro atoms. The summed E-state index contributed by atoms with van der Waals surface area (Å²) in [5, 5.41) is 5.72. The van der Waals surface area contributed by atoms with E-state index in [-0.39, 0.29) is 18.6 Å². The minimum absolute atomic E-state index is 0.00330. The van der Waals surface area contributed by atoms with Gasteiger partial charge in [0.2, 0.25) is 5.91 Å². The van der Waals surface area contributed by atoms with Crippen LogP contribution in [0.25, 0.3) is 10.6 Å². The second-order valence-corrected chi connectivity index (χ2v) is 8.02. The molecule has 1 amide bonds. The van der Waals surface area contributed by atoms with Gasteiger partial charge in [-0.25, -0.2) is 9.78 Å². The summed E-state index contributed by atoms with van der Waals surface area (Å²) >= 11 is 1.52. The second-order valence-electron chi connectivity index (χ2n) is 7.16. The lowest BCUT2D eigenvalue weighted by molar-refractivity contribution is -0.117. The van der Waals surface area contributed by atoms with Crippen molar-refractivity contribution >= 4 is 34.6 Å². The van der Waals surface area contributed by atoms with Crippen molar-refractivity contribution in [2.75, 3.05) is 16.8 Å². The van der Waals surface area contributed by atoms with Gasteiger partial charge in [0.15, 0.2) is 0 Å². The Bertz CT molecular complexity index is 1080. The Morgan fingerprint density at radius 2 is 2.10 bits per heavy atom. The lowest BCUT2D eigenvalue weighted by Crippen LogP contribution is -2.43. The van der Waals surface area contributed by atoms with E-state index in [4.69, 9.17) is 4.74 Å². The summed E-state index contributed by atoms with van der Waals surface area (Å²) in [7, 11) is 0. The maximum atomic E-state index is 12.5. The fourth-order valence-corrected chi connectivity index (χ4v) is 4.68. The van der Waals surface area contributed by atoms with Crippen LogP contribution in [-0.2, 0) is 16.1 Å². The summed E-state index contributed by atoms with van der Waals surface area (Å²) in [6.45, 7) is 0.974. The number of carbonyl (C=O) groups excluding carboxylic acids is 2. The summed E-state index contributed by atoms with van der Waals surface area (Å²) in [5.74, 6) is -0.434. The molecule has 0 radical (unpaired) electrons. The number of hydrogen-bond donors (Lipinski definition) is 1. The van der Waals surface area contributed by atoms with Crippen LogP contribution in [0.5, 0.6) is 0 Å². The van der Waals surface area contributed by atoms with Crippen LogP contribution in [0.3, 0.4) is 0 Å². The lowest BCUT2D eigenvalue weighted by Gasteiger charge is -2.33. The van der Waals surface area contributed by atoms with Gasteiger partial charge in [-0.15, -0.1) is 11.3 Å². The third kappa shape index (κ3) is 3.38. The van der Waals surface area contributed by atoms with Gasteiger partial charge in [-0.05, 0) is 31.0 Å². The van der Waals surface area contributed by atoms with Gasteiger partial charge >= 0.3 is 5.97 Å². The molecule has 1 N–H and O–H groups in total. The van der Waals surface area contributed by atoms with Crippen LogP contribution in [0.4, 0.5) is 11.4 Å². The summed E-state index contributed by atoms with van der Waals surface area (Å²) in [6.07, 6.45) is 1.87. The first kappa shape index (κ1) is 17.9. The first-order valence-electron chi connectivity index (χ1n) is 9.57. The molecule has 29 heavy (non-hydrogen) atoms. The highest BCUT2D eigenvalue weighted by molar-refractivity contribution is 7.13. The molecule has 2 aromatic carbocycles. The van der Waals surface area contributed by atoms with Crippen molar-refractivity contribution in [1.29, 1.82) is 0 Å². The fourth-order valence-electron chi connectivity index (χ4n) is 3.87. The predicted molar refractivity (Wildman–Crippen MR) is 112 cm³/mol. The minimum Gasteiger partial charge on any atom is -0.456 e. The van der Waals surface area contributed by atoms with Gasteiger partial charge < -0.3 is 15.0 Å². The molecule has 1 aromatic heterocycles. The van der Waals surface area contributed by atoms with Crippen LogP contribution in [0.2, 0.25) is 0 Å². The van der Waals surface area contributed by atoms with Gasteiger partial charge in [0, 0.05) is 17.5 Å². The topological polar surface area (TPSA) is 71.5 Å². The van der Waals surface area contributed by atoms with Crippen LogP contribution in [0.15, 0.2) is 53.9 Å². The summed E-state index contributed by atoms with van der Waals surface area (Å²) < 4.78 is 5.45. The highest BCUT2D eigenvalue weighted by Crippen LogP contribution is 2.37. The summed E-state index contributed by atoms with van der Waals surface area (Å²) in [4.78, 5) is 31.4. The van der Waals surface area contributed by atoms with E-state index in [0.717, 1.165) is 35.6 Å². The number of benzene rings is 2. The van der Waals surface area contributed by atoms with Crippen molar-refractivity contribution in [2.45, 2.75) is 25.5 Å². The molecule has 1 saturated heterocycles. The highest BCUT2D eigenvalue weighted by atomic mass is 32.1. The zero-order chi connectivity index (χ0) is 19.8. The van der Waals surface area contributed by atoms with Gasteiger partial charge in [-0.3, -0.25) is 4.79 Å². The number of ether oxygens (including phenoxy) is 1. The molecule has 3 heterocycles. The monoisotopic (exact) mass is 405 g/mol. The van der Waals surface area contributed by atoms with E-state index in [0.29, 0.717) is 16.9 Å². The molecule has 0 unspecified atom stereocenters. The number of hydrogen-bond acceptors (Lipinski definition) is 6. The van der Waals surface area contributed by atoms with Crippen LogP contribution in [0, 0.1) is 0 Å². The fraction of sp³-hybridized carbons (Fsp3) is 0.227. The molecule has 6 nitrogen and oxygen atoms in total. The van der Waals surface area contributed by atoms with Crippen molar-refractivity contribution in [1.82, 2.24) is 4.98 Å². The van der Waals surface area contributed by atoms with E-state index >= 15 is 0 Å². The average molecular weight is 405 g/mol. The van der Waals surface area contributed by atoms with E-state index in [1.165, 1.54) is 11.3 Å². The van der Waals surface area contributed by atoms with Crippen LogP contribution in [0.1, 0.15) is 28.9 Å². The van der Waals surface area contributed by atoms with E-state index in [9.17, 15) is 9.59 Å². The van der Waals surface area contributed by atoms with Crippen LogP contribution < -0.4 is 10.2 Å². The molecule has 1 atom stereocenters. The van der Waals surface area contributed by atoms with Crippen molar-refractivity contribution < 1.29 is 14.3 Å². The first-order chi connectivity index (χ1) is 14.2. The maximum Gasteiger partial charge on any atom is 0.338 e. The zero-order valence-corrected chi connectivity index (χ0v) is 16.4. The zero-order valence-electron chi connectivity index (χ0n) is 15.6. The largest absolute Gasteiger partial charge is 0.456 e. The normalized spacial score (nSPS) is 17.4. The Balaban J connectivity index is 1.28. The number of amides is 1. The van der Waals surface area contributed by atoms with Crippen LogP contribution in [-0.4, -0.2) is 29.4 Å². The highest BCUT2D eigenvalue weighted by Gasteiger charge is 2.36. The molecule has 1 fully saturated rings. The third-order valence-corrected chi connectivity index (χ3v) is 6.22. The molecule has 0 bridgehead atoms. The van der Waals surface area contributed by atoms with Gasteiger partial charge in [0.1, 0.15) is 17.7 Å². The smallest absolute Gasteiger partial charge is 0.338 e. The number of fused-ring (bicyclic) bond motifs is 3. The van der Waals surface area contributed by atoms with Gasteiger partial charge in [0.25, 0.3) is 0 Å². The van der Waals surface area contributed by atoms with Crippen LogP contribution >= 0.6 is 11.3 Å². The number of thiazole rings is 1. The van der Waals surface area contributed by atoms with Crippen molar-refractivity contribution in [3.8, 4) is 10.6 Å². The molecule has 146 valence electrons. The van der Waals surface area contributed by atoms with Gasteiger partial charge in [-0.1, -0.05) is 30.3 Å². The van der Waals surface area contributed by atoms with E-state index in [1.807, 2.05) is 41.8 Å². The molecule has 3 aromatic rings. The maximum absolute atomic E-state index is 12.5. The molecule has 0 aliphatic carbocycles. The lowest BCUT2D eigenvalue weighted by atomic mass is 10.1. The molecule has 2 aliphatic heterocycles. The van der Waals surface area contributed by atoms with E-state index in [1.54, 1.807) is 12.1 Å². The number of nitrogens with one attached hydrogen (secondary N) is 1. The van der Waals surface area contributed by atoms with Crippen molar-refractivity contribution in [3.63, 3.8) is 0 Å². The Kier molecular flexibility index (Phi) is 4.52. The Morgan fingerprint density at radius 3 is 2.97 bits per heavy atom. The minimum atomic E-state index is -0.431. The van der Waals surface area contributed by atoms with Gasteiger partial charge in [0.05, 0.1) is 22.6 Å². The average Bonchev–Trinajstić information content (AvgIpc) is 3.43. The summed E-state index contributed by atoms with van der Waals surface area (Å²) in [5.41, 5.74) is 3.81. The predicted octanol–water partition coefficient (Wildman–Crippen LogP) is 4.09. The molecule has 5 rings (SSSR count). The van der Waals surface area contributed by atoms with Gasteiger partial charge in [-0.2, -0.15) is 0 Å². The van der Waals surface area contributed by atoms with Crippen molar-refractivity contribution in [2.24, 2.45) is 0 Å². The number of rotatable bonds is 4. The number of anilines is 2. The quantitative estimate of drug-likeness (QED) is 0.662. The molecule has 2 aliphatic rings. The molecule has 7 heteroatoms. The third-order valence-electron chi connectivity index (χ3n) is 5.28. The molecule has 0 saturated carbocycles. The second kappa shape index (κ2) is 7.33. The SMILES string of the molecule is O=C(OCc1csc(-c2ccccc2)n1)c1ccc2c(c1)NC(=O)[C@H]1CCCN21. The Morgan fingerprint density at radius 1 is 1.24 bits per heavy atom. The number of carbonyl (C=O) groups is 2. The van der Waals surface area contributed by atoms with Crippen molar-refractivity contribution in [3.05, 3.63) is 65.2 Å². The number of esters is 1. The Hall–Kier alpha value is -3.19. The molecular formula is C22H19N3O3S. The van der Waals surface area contributed by atoms with E-state index in [2.05, 4.69) is 15.2 Å². The molecular weight excluding hydrogens is 386 g/mol. The number of nitrogens with zero attached hydrogens (tertiary/aromatic N) is 2. The summed E-state index contributed by atoms with van der Waals surface area (Å²) in [6, 6.07) is 15.1.